The minimum absolute atomic E-state index is 0.0443. The molecule has 170 valence electrons. The number of rotatable bonds is 5. The number of fused-ring (bicyclic) bond motifs is 1. The van der Waals surface area contributed by atoms with E-state index in [2.05, 4.69) is 5.32 Å². The van der Waals surface area contributed by atoms with Crippen LogP contribution in [0.1, 0.15) is 9.67 Å². The van der Waals surface area contributed by atoms with Crippen molar-refractivity contribution >= 4 is 95.2 Å². The lowest BCUT2D eigenvalue weighted by molar-refractivity contribution is 0.103. The Morgan fingerprint density at radius 3 is 2.30 bits per heavy atom. The maximum Gasteiger partial charge on any atom is 0.339 e. The van der Waals surface area contributed by atoms with E-state index in [9.17, 15) is 13.2 Å². The van der Waals surface area contributed by atoms with Crippen molar-refractivity contribution in [2.75, 3.05) is 11.1 Å². The van der Waals surface area contributed by atoms with Crippen molar-refractivity contribution in [2.24, 2.45) is 0 Å². The highest BCUT2D eigenvalue weighted by Gasteiger charge is 2.21. The lowest BCUT2D eigenvalue weighted by atomic mass is 10.2. The van der Waals surface area contributed by atoms with Crippen molar-refractivity contribution in [1.82, 2.24) is 0 Å². The first-order valence-electron chi connectivity index (χ1n) is 9.03. The van der Waals surface area contributed by atoms with E-state index in [-0.39, 0.29) is 31.3 Å². The normalized spacial score (nSPS) is 11.5. The summed E-state index contributed by atoms with van der Waals surface area (Å²) in [5.74, 6) is -0.408. The van der Waals surface area contributed by atoms with Crippen LogP contribution in [0.4, 0.5) is 11.4 Å². The lowest BCUT2D eigenvalue weighted by Crippen LogP contribution is -2.11. The summed E-state index contributed by atoms with van der Waals surface area (Å²) in [6.45, 7) is 0. The molecule has 0 fully saturated rings. The molecule has 0 radical (unpaired) electrons. The molecule has 0 aliphatic heterocycles. The summed E-state index contributed by atoms with van der Waals surface area (Å²) < 4.78 is 30.7. The number of nitrogens with one attached hydrogen (secondary N) is 1. The van der Waals surface area contributed by atoms with Gasteiger partial charge in [-0.1, -0.05) is 46.4 Å². The summed E-state index contributed by atoms with van der Waals surface area (Å²) in [4.78, 5) is 12.9. The van der Waals surface area contributed by atoms with Crippen molar-refractivity contribution in [3.63, 3.8) is 0 Å². The van der Waals surface area contributed by atoms with E-state index in [1.165, 1.54) is 42.5 Å². The van der Waals surface area contributed by atoms with Crippen LogP contribution in [0.25, 0.3) is 10.1 Å². The van der Waals surface area contributed by atoms with Crippen LogP contribution in [-0.2, 0) is 10.1 Å². The summed E-state index contributed by atoms with van der Waals surface area (Å²) in [6, 6.07) is 12.9. The first kappa shape index (κ1) is 23.9. The second kappa shape index (κ2) is 9.21. The van der Waals surface area contributed by atoms with Crippen LogP contribution in [0.2, 0.25) is 20.1 Å². The molecule has 1 aromatic heterocycles. The Hall–Kier alpha value is -2.20. The number of nitrogen functional groups attached to an aromatic ring is 1. The number of benzene rings is 3. The van der Waals surface area contributed by atoms with Gasteiger partial charge < -0.3 is 15.2 Å². The molecule has 0 aliphatic carbocycles. The predicted octanol–water partition coefficient (Wildman–Crippen LogP) is 7.12. The fraction of sp³-hybridized carbons (Fsp3) is 0. The molecule has 0 spiro atoms. The molecular formula is C21H12Cl4N2O4S2. The molecule has 0 unspecified atom stereocenters. The minimum Gasteiger partial charge on any atom is -0.397 e. The number of carbonyl (C=O) groups is 1. The molecule has 0 bridgehead atoms. The van der Waals surface area contributed by atoms with Crippen LogP contribution in [0.15, 0.2) is 59.5 Å². The van der Waals surface area contributed by atoms with E-state index in [1.54, 1.807) is 12.1 Å². The van der Waals surface area contributed by atoms with E-state index in [1.807, 2.05) is 0 Å². The van der Waals surface area contributed by atoms with Crippen molar-refractivity contribution in [3.05, 3.63) is 79.6 Å². The number of carbonyl (C=O) groups excluding carboxylic acids is 1. The highest BCUT2D eigenvalue weighted by atomic mass is 35.5. The van der Waals surface area contributed by atoms with Gasteiger partial charge in [0.2, 0.25) is 0 Å². The van der Waals surface area contributed by atoms with Crippen LogP contribution in [0.3, 0.4) is 0 Å². The Labute approximate surface area is 212 Å². The molecule has 0 saturated heterocycles. The third-order valence-electron chi connectivity index (χ3n) is 4.43. The number of anilines is 2. The van der Waals surface area contributed by atoms with E-state index in [4.69, 9.17) is 56.3 Å². The monoisotopic (exact) mass is 560 g/mol. The molecule has 3 aromatic carbocycles. The molecule has 0 atom stereocenters. The van der Waals surface area contributed by atoms with Gasteiger partial charge in [0.05, 0.1) is 20.8 Å². The zero-order valence-electron chi connectivity index (χ0n) is 16.2. The minimum atomic E-state index is -4.12. The van der Waals surface area contributed by atoms with Gasteiger partial charge in [0.25, 0.3) is 5.91 Å². The average Bonchev–Trinajstić information content (AvgIpc) is 3.07. The van der Waals surface area contributed by atoms with Crippen molar-refractivity contribution in [1.29, 1.82) is 0 Å². The molecule has 6 nitrogen and oxygen atoms in total. The summed E-state index contributed by atoms with van der Waals surface area (Å²) in [5.41, 5.74) is 6.18. The summed E-state index contributed by atoms with van der Waals surface area (Å²) in [7, 11) is -4.12. The van der Waals surface area contributed by atoms with E-state index < -0.39 is 16.0 Å². The molecular weight excluding hydrogens is 550 g/mol. The van der Waals surface area contributed by atoms with E-state index in [0.29, 0.717) is 25.8 Å². The number of thiophene rings is 1. The number of hydrogen-bond donors (Lipinski definition) is 2. The first-order chi connectivity index (χ1) is 15.5. The van der Waals surface area contributed by atoms with Crippen LogP contribution < -0.4 is 15.2 Å². The summed E-state index contributed by atoms with van der Waals surface area (Å²) >= 11 is 25.6. The molecule has 4 rings (SSSR count). The molecule has 12 heteroatoms. The third kappa shape index (κ3) is 5.01. The molecule has 33 heavy (non-hydrogen) atoms. The maximum atomic E-state index is 12.7. The van der Waals surface area contributed by atoms with Crippen LogP contribution >= 0.6 is 57.7 Å². The largest absolute Gasteiger partial charge is 0.397 e. The Bertz CT molecular complexity index is 1500. The molecule has 4 aromatic rings. The molecule has 3 N–H and O–H groups in total. The molecule has 1 amide bonds. The summed E-state index contributed by atoms with van der Waals surface area (Å²) in [6.07, 6.45) is 0. The van der Waals surface area contributed by atoms with Gasteiger partial charge in [-0.25, -0.2) is 0 Å². The topological polar surface area (TPSA) is 98.5 Å². The smallest absolute Gasteiger partial charge is 0.339 e. The predicted molar refractivity (Wildman–Crippen MR) is 135 cm³/mol. The second-order valence-electron chi connectivity index (χ2n) is 6.71. The zero-order valence-corrected chi connectivity index (χ0v) is 20.9. The Morgan fingerprint density at radius 1 is 0.939 bits per heavy atom. The van der Waals surface area contributed by atoms with Crippen molar-refractivity contribution in [3.8, 4) is 5.75 Å². The Morgan fingerprint density at radius 2 is 1.64 bits per heavy atom. The van der Waals surface area contributed by atoms with Crippen LogP contribution in [0, 0.1) is 0 Å². The Balaban J connectivity index is 1.51. The second-order valence-corrected chi connectivity index (χ2v) is 10.9. The first-order valence-corrected chi connectivity index (χ1v) is 12.8. The van der Waals surface area contributed by atoms with Gasteiger partial charge in [-0.3, -0.25) is 4.79 Å². The standard InChI is InChI=1S/C21H12Cl4N2O4S2/c22-10-7-15(24)18-17(8-10)32-20(19(18)25)21(28)27-11-1-3-12(4-2-11)31-33(29,30)13-5-6-14(23)16(26)9-13/h1-9H,26H2,(H,27,28). The fourth-order valence-electron chi connectivity index (χ4n) is 2.89. The highest BCUT2D eigenvalue weighted by Crippen LogP contribution is 2.41. The van der Waals surface area contributed by atoms with Crippen LogP contribution in [-0.4, -0.2) is 14.3 Å². The van der Waals surface area contributed by atoms with Gasteiger partial charge in [0.15, 0.2) is 0 Å². The van der Waals surface area contributed by atoms with Gasteiger partial charge in [-0.05, 0) is 54.6 Å². The SMILES string of the molecule is Nc1cc(S(=O)(=O)Oc2ccc(NC(=O)c3sc4cc(Cl)cc(Cl)c4c3Cl)cc2)ccc1Cl. The van der Waals surface area contributed by atoms with Crippen molar-refractivity contribution in [2.45, 2.75) is 4.90 Å². The molecule has 1 heterocycles. The highest BCUT2D eigenvalue weighted by molar-refractivity contribution is 7.87. The molecule has 0 aliphatic rings. The quantitative estimate of drug-likeness (QED) is 0.200. The third-order valence-corrected chi connectivity index (χ3v) is 8.16. The van der Waals surface area contributed by atoms with E-state index in [0.717, 1.165) is 11.3 Å². The fourth-order valence-corrected chi connectivity index (χ4v) is 6.25. The van der Waals surface area contributed by atoms with Crippen LogP contribution in [0.5, 0.6) is 5.75 Å². The van der Waals surface area contributed by atoms with Gasteiger partial charge in [0, 0.05) is 20.8 Å². The van der Waals surface area contributed by atoms with Crippen molar-refractivity contribution < 1.29 is 17.4 Å². The van der Waals surface area contributed by atoms with E-state index >= 15 is 0 Å². The van der Waals surface area contributed by atoms with Gasteiger partial charge in [-0.15, -0.1) is 11.3 Å². The molecule has 0 saturated carbocycles. The zero-order chi connectivity index (χ0) is 23.9. The average molecular weight is 562 g/mol. The number of nitrogens with two attached hydrogens (primary N) is 1. The van der Waals surface area contributed by atoms with Gasteiger partial charge in [-0.2, -0.15) is 8.42 Å². The summed E-state index contributed by atoms with van der Waals surface area (Å²) in [5, 5.41) is 4.50. The lowest BCUT2D eigenvalue weighted by Gasteiger charge is -2.09. The Kier molecular flexibility index (Phi) is 6.68. The van der Waals surface area contributed by atoms with Gasteiger partial charge in [0.1, 0.15) is 15.5 Å². The van der Waals surface area contributed by atoms with Gasteiger partial charge >= 0.3 is 10.1 Å². The maximum absolute atomic E-state index is 12.7. The number of hydrogen-bond acceptors (Lipinski definition) is 6. The number of halogens is 4. The number of amides is 1.